The van der Waals surface area contributed by atoms with Crippen molar-refractivity contribution >= 4 is 15.9 Å². The zero-order chi connectivity index (χ0) is 31.2. The molecule has 0 spiro atoms. The van der Waals surface area contributed by atoms with E-state index in [9.17, 15) is 43.9 Å². The van der Waals surface area contributed by atoms with Gasteiger partial charge in [0.2, 0.25) is 0 Å². The molecule has 0 N–H and O–H groups in total. The van der Waals surface area contributed by atoms with Crippen LogP contribution in [0, 0.1) is 12.7 Å². The second-order valence-corrected chi connectivity index (χ2v) is 13.3. The van der Waals surface area contributed by atoms with Gasteiger partial charge in [0.25, 0.3) is 0 Å². The predicted molar refractivity (Wildman–Crippen MR) is 142 cm³/mol. The Morgan fingerprint density at radius 2 is 1.52 bits per heavy atom. The molecule has 2 saturated heterocycles. The molecule has 2 fully saturated rings. The molecule has 2 amide bonds. The average Bonchev–Trinajstić information content (AvgIpc) is 2.90. The number of halogens is 7. The number of alkyl halides is 6. The van der Waals surface area contributed by atoms with Crippen molar-refractivity contribution in [3.8, 4) is 0 Å². The first-order chi connectivity index (χ1) is 19.4. The quantitative estimate of drug-likeness (QED) is 0.380. The minimum absolute atomic E-state index is 0.0174. The highest BCUT2D eigenvalue weighted by Crippen LogP contribution is 2.40. The molecule has 6 nitrogen and oxygen atoms in total. The molecule has 0 aromatic heterocycles. The van der Waals surface area contributed by atoms with Crippen molar-refractivity contribution in [3.63, 3.8) is 0 Å². The first-order valence-corrected chi connectivity index (χ1v) is 15.2. The number of piperidine rings is 1. The lowest BCUT2D eigenvalue weighted by Gasteiger charge is -2.46. The molecule has 4 rings (SSSR count). The number of rotatable bonds is 4. The number of nitrogens with zero attached hydrogens (tertiary/aromatic N) is 3. The van der Waals surface area contributed by atoms with Crippen LogP contribution in [0.5, 0.6) is 0 Å². The number of hydrogen-bond acceptors (Lipinski definition) is 4. The Bertz CT molecular complexity index is 1380. The van der Waals surface area contributed by atoms with Crippen LogP contribution in [0.3, 0.4) is 0 Å². The van der Waals surface area contributed by atoms with Gasteiger partial charge in [0.05, 0.1) is 34.7 Å². The van der Waals surface area contributed by atoms with Crippen molar-refractivity contribution in [1.29, 1.82) is 0 Å². The molecule has 0 unspecified atom stereocenters. The lowest BCUT2D eigenvalue weighted by Crippen LogP contribution is -2.54. The van der Waals surface area contributed by atoms with Crippen molar-refractivity contribution in [2.75, 3.05) is 38.2 Å². The third-order valence-corrected chi connectivity index (χ3v) is 9.89. The summed E-state index contributed by atoms with van der Waals surface area (Å²) in [6.45, 7) is 3.91. The highest BCUT2D eigenvalue weighted by molar-refractivity contribution is 7.91. The molecule has 2 aliphatic rings. The summed E-state index contributed by atoms with van der Waals surface area (Å²) in [6, 6.07) is 2.98. The van der Waals surface area contributed by atoms with Gasteiger partial charge in [-0.25, -0.2) is 17.6 Å². The zero-order valence-corrected chi connectivity index (χ0v) is 24.1. The van der Waals surface area contributed by atoms with E-state index in [1.54, 1.807) is 13.0 Å². The molecule has 2 aromatic carbocycles. The van der Waals surface area contributed by atoms with Gasteiger partial charge in [-0.05, 0) is 73.7 Å². The summed E-state index contributed by atoms with van der Waals surface area (Å²) < 4.78 is 119. The SMILES string of the molecule is Cc1cc(F)ccc1[C@H]1C[C@H](N2CCS(=O)(=O)CC2)CCN1C(=O)N(C)[C@H](C)c1cc(C(F)(F)F)cc(C(F)(F)F)c1. The smallest absolute Gasteiger partial charge is 0.321 e. The van der Waals surface area contributed by atoms with Crippen LogP contribution in [0.2, 0.25) is 0 Å². The largest absolute Gasteiger partial charge is 0.416 e. The van der Waals surface area contributed by atoms with Crippen molar-refractivity contribution in [3.05, 3.63) is 70.0 Å². The van der Waals surface area contributed by atoms with E-state index in [2.05, 4.69) is 4.90 Å². The number of hydrogen-bond donors (Lipinski definition) is 0. The Balaban J connectivity index is 1.64. The minimum Gasteiger partial charge on any atom is -0.321 e. The number of benzene rings is 2. The molecule has 3 atom stereocenters. The molecular formula is C28H32F7N3O3S. The van der Waals surface area contributed by atoms with E-state index < -0.39 is 57.2 Å². The molecule has 2 aliphatic heterocycles. The standard InChI is InChI=1S/C28H32F7N3O3S/c1-17-12-22(29)4-5-24(17)25-16-23(37-8-10-42(40,41)11-9-37)6-7-38(25)26(39)36(3)18(2)19-13-20(27(30,31)32)15-21(14-19)28(33,34)35/h4-5,12-15,18,23,25H,6-11,16H2,1-3H3/t18-,23-,25-/m1/s1. The first-order valence-electron chi connectivity index (χ1n) is 13.4. The Morgan fingerprint density at radius 1 is 0.952 bits per heavy atom. The molecular weight excluding hydrogens is 591 g/mol. The molecule has 0 radical (unpaired) electrons. The summed E-state index contributed by atoms with van der Waals surface area (Å²) in [5.74, 6) is -0.439. The Morgan fingerprint density at radius 3 is 2.05 bits per heavy atom. The number of aryl methyl sites for hydroxylation is 1. The van der Waals surface area contributed by atoms with E-state index in [0.29, 0.717) is 49.2 Å². The molecule has 2 aromatic rings. The average molecular weight is 624 g/mol. The highest BCUT2D eigenvalue weighted by atomic mass is 32.2. The molecule has 2 heterocycles. The van der Waals surface area contributed by atoms with Crippen LogP contribution in [0.4, 0.5) is 35.5 Å². The van der Waals surface area contributed by atoms with Gasteiger partial charge in [-0.15, -0.1) is 0 Å². The minimum atomic E-state index is -5.03. The van der Waals surface area contributed by atoms with Gasteiger partial charge < -0.3 is 9.80 Å². The van der Waals surface area contributed by atoms with Gasteiger partial charge in [-0.2, -0.15) is 26.3 Å². The van der Waals surface area contributed by atoms with Gasteiger partial charge in [0.1, 0.15) is 5.82 Å². The molecule has 14 heteroatoms. The zero-order valence-electron chi connectivity index (χ0n) is 23.3. The topological polar surface area (TPSA) is 60.9 Å². The maximum atomic E-state index is 14.0. The Kier molecular flexibility index (Phi) is 8.90. The lowest BCUT2D eigenvalue weighted by molar-refractivity contribution is -0.143. The monoisotopic (exact) mass is 623 g/mol. The van der Waals surface area contributed by atoms with E-state index in [1.165, 1.54) is 31.0 Å². The normalized spacial score (nSPS) is 22.6. The Labute approximate surface area is 240 Å². The third-order valence-electron chi connectivity index (χ3n) is 8.28. The van der Waals surface area contributed by atoms with E-state index >= 15 is 0 Å². The molecule has 0 bridgehead atoms. The van der Waals surface area contributed by atoms with E-state index in [1.807, 2.05) is 0 Å². The van der Waals surface area contributed by atoms with Crippen molar-refractivity contribution in [2.24, 2.45) is 0 Å². The van der Waals surface area contributed by atoms with Crippen LogP contribution in [0.15, 0.2) is 36.4 Å². The number of carbonyl (C=O) groups excluding carboxylic acids is 1. The predicted octanol–water partition coefficient (Wildman–Crippen LogP) is 6.22. The first kappa shape index (κ1) is 32.1. The number of urea groups is 1. The second kappa shape index (κ2) is 11.7. The molecule has 0 saturated carbocycles. The van der Waals surface area contributed by atoms with Gasteiger partial charge >= 0.3 is 18.4 Å². The van der Waals surface area contributed by atoms with Crippen LogP contribution in [-0.2, 0) is 22.2 Å². The number of sulfone groups is 1. The van der Waals surface area contributed by atoms with Gasteiger partial charge in [-0.3, -0.25) is 4.90 Å². The third kappa shape index (κ3) is 7.01. The van der Waals surface area contributed by atoms with Crippen LogP contribution in [0.25, 0.3) is 0 Å². The molecule has 0 aliphatic carbocycles. The maximum Gasteiger partial charge on any atom is 0.416 e. The summed E-state index contributed by atoms with van der Waals surface area (Å²) in [6.07, 6.45) is -9.19. The summed E-state index contributed by atoms with van der Waals surface area (Å²) >= 11 is 0. The van der Waals surface area contributed by atoms with Crippen LogP contribution >= 0.6 is 0 Å². The van der Waals surface area contributed by atoms with Crippen molar-refractivity contribution < 1.29 is 43.9 Å². The Hall–Kier alpha value is -2.87. The molecule has 232 valence electrons. The number of amides is 2. The summed E-state index contributed by atoms with van der Waals surface area (Å²) in [5.41, 5.74) is -2.04. The van der Waals surface area contributed by atoms with Crippen molar-refractivity contribution in [1.82, 2.24) is 14.7 Å². The van der Waals surface area contributed by atoms with Gasteiger partial charge in [-0.1, -0.05) is 6.07 Å². The van der Waals surface area contributed by atoms with Crippen LogP contribution in [-0.4, -0.2) is 73.4 Å². The van der Waals surface area contributed by atoms with Crippen LogP contribution < -0.4 is 0 Å². The number of carbonyl (C=O) groups is 1. The summed E-state index contributed by atoms with van der Waals surface area (Å²) in [7, 11) is -1.81. The fourth-order valence-electron chi connectivity index (χ4n) is 5.72. The summed E-state index contributed by atoms with van der Waals surface area (Å²) in [5, 5.41) is 0. The fraction of sp³-hybridized carbons (Fsp3) is 0.536. The second-order valence-electron chi connectivity index (χ2n) is 11.0. The molecule has 42 heavy (non-hydrogen) atoms. The summed E-state index contributed by atoms with van der Waals surface area (Å²) in [4.78, 5) is 18.5. The lowest BCUT2D eigenvalue weighted by atomic mass is 9.88. The van der Waals surface area contributed by atoms with Crippen molar-refractivity contribution in [2.45, 2.75) is 57.2 Å². The fourth-order valence-corrected chi connectivity index (χ4v) is 6.95. The maximum absolute atomic E-state index is 14.0. The van der Waals surface area contributed by atoms with E-state index in [0.717, 1.165) is 4.90 Å². The van der Waals surface area contributed by atoms with Crippen LogP contribution in [0.1, 0.15) is 59.7 Å². The van der Waals surface area contributed by atoms with Gasteiger partial charge in [0.15, 0.2) is 9.84 Å². The number of likely N-dealkylation sites (tertiary alicyclic amines) is 1. The van der Waals surface area contributed by atoms with E-state index in [-0.39, 0.29) is 35.7 Å². The highest BCUT2D eigenvalue weighted by Gasteiger charge is 2.41. The van der Waals surface area contributed by atoms with Gasteiger partial charge in [0, 0.05) is 32.7 Å². The van der Waals surface area contributed by atoms with E-state index in [4.69, 9.17) is 0 Å².